The lowest BCUT2D eigenvalue weighted by atomic mass is 10.0. The van der Waals surface area contributed by atoms with Crippen LogP contribution in [-0.2, 0) is 7.05 Å². The zero-order valence-electron chi connectivity index (χ0n) is 13.2. The molecule has 23 heavy (non-hydrogen) atoms. The van der Waals surface area contributed by atoms with Gasteiger partial charge in [0.25, 0.3) is 0 Å². The highest BCUT2D eigenvalue weighted by Crippen LogP contribution is 2.42. The molecule has 3 aromatic rings. The van der Waals surface area contributed by atoms with E-state index in [-0.39, 0.29) is 6.04 Å². The molecule has 116 valence electrons. The number of benzene rings is 2. The number of halogens is 1. The van der Waals surface area contributed by atoms with Crippen LogP contribution < -0.4 is 5.01 Å². The molecule has 0 N–H and O–H groups in total. The zero-order valence-corrected chi connectivity index (χ0v) is 14.0. The summed E-state index contributed by atoms with van der Waals surface area (Å²) in [5, 5.41) is 8.85. The van der Waals surface area contributed by atoms with Crippen LogP contribution in [0.1, 0.15) is 24.9 Å². The second kappa shape index (κ2) is 5.43. The average Bonchev–Trinajstić information content (AvgIpc) is 3.07. The number of aromatic nitrogens is 1. The summed E-state index contributed by atoms with van der Waals surface area (Å²) in [5.41, 5.74) is 4.54. The van der Waals surface area contributed by atoms with E-state index in [0.29, 0.717) is 0 Å². The summed E-state index contributed by atoms with van der Waals surface area (Å²) in [5.74, 6) is 0. The highest BCUT2D eigenvalue weighted by Gasteiger charge is 2.32. The fraction of sp³-hybridized carbons (Fsp3) is 0.211. The largest absolute Gasteiger partial charge is 0.334 e. The van der Waals surface area contributed by atoms with E-state index in [2.05, 4.69) is 46.8 Å². The van der Waals surface area contributed by atoms with Crippen molar-refractivity contribution in [1.29, 1.82) is 0 Å². The van der Waals surface area contributed by atoms with Crippen molar-refractivity contribution < 1.29 is 0 Å². The normalized spacial score (nSPS) is 17.8. The minimum Gasteiger partial charge on any atom is -0.334 e. The molecule has 0 saturated carbocycles. The number of anilines is 1. The molecule has 1 aliphatic rings. The summed E-state index contributed by atoms with van der Waals surface area (Å²) in [6.07, 6.45) is 0.891. The molecule has 0 saturated heterocycles. The number of hydrogen-bond donors (Lipinski definition) is 0. The second-order valence-electron chi connectivity index (χ2n) is 6.02. The minimum absolute atomic E-state index is 0.135. The molecule has 0 spiro atoms. The molecular formula is C19H18ClN3. The minimum atomic E-state index is 0.135. The first-order chi connectivity index (χ1) is 11.2. The lowest BCUT2D eigenvalue weighted by Crippen LogP contribution is -2.18. The second-order valence-corrected chi connectivity index (χ2v) is 6.37. The number of hydrazone groups is 1. The van der Waals surface area contributed by atoms with E-state index in [1.165, 1.54) is 5.39 Å². The molecule has 4 heteroatoms. The van der Waals surface area contributed by atoms with Gasteiger partial charge in [0.1, 0.15) is 5.15 Å². The van der Waals surface area contributed by atoms with Gasteiger partial charge in [0.2, 0.25) is 0 Å². The maximum Gasteiger partial charge on any atom is 0.115 e. The van der Waals surface area contributed by atoms with E-state index in [4.69, 9.17) is 16.7 Å². The Hall–Kier alpha value is -2.26. The van der Waals surface area contributed by atoms with Gasteiger partial charge >= 0.3 is 0 Å². The Bertz CT molecular complexity index is 896. The van der Waals surface area contributed by atoms with Gasteiger partial charge in [0.05, 0.1) is 11.7 Å². The number of rotatable bonds is 2. The standard InChI is InChI=1S/C19H18ClN3/c1-13-12-17(23(21-13)14-8-4-3-5-9-14)18-15-10-6-7-11-16(15)22(2)19(18)20/h3-11,17H,12H2,1-2H3. The summed E-state index contributed by atoms with van der Waals surface area (Å²) in [6, 6.07) is 18.8. The van der Waals surface area contributed by atoms with Gasteiger partial charge in [-0.15, -0.1) is 0 Å². The Labute approximate surface area is 140 Å². The zero-order chi connectivity index (χ0) is 16.0. The molecule has 0 bridgehead atoms. The van der Waals surface area contributed by atoms with Gasteiger partial charge in [-0.05, 0) is 25.1 Å². The first-order valence-electron chi connectivity index (χ1n) is 7.78. The van der Waals surface area contributed by atoms with E-state index in [9.17, 15) is 0 Å². The summed E-state index contributed by atoms with van der Waals surface area (Å²) in [7, 11) is 2.02. The molecule has 1 aromatic heterocycles. The molecule has 3 nitrogen and oxygen atoms in total. The van der Waals surface area contributed by atoms with Crippen molar-refractivity contribution in [3.63, 3.8) is 0 Å². The van der Waals surface area contributed by atoms with Gasteiger partial charge in [0.15, 0.2) is 0 Å². The van der Waals surface area contributed by atoms with E-state index >= 15 is 0 Å². The van der Waals surface area contributed by atoms with E-state index in [1.54, 1.807) is 0 Å². The van der Waals surface area contributed by atoms with E-state index in [0.717, 1.165) is 34.1 Å². The Morgan fingerprint density at radius 2 is 1.74 bits per heavy atom. The van der Waals surface area contributed by atoms with E-state index in [1.807, 2.05) is 31.3 Å². The van der Waals surface area contributed by atoms with Crippen LogP contribution >= 0.6 is 11.6 Å². The van der Waals surface area contributed by atoms with Crippen molar-refractivity contribution in [2.45, 2.75) is 19.4 Å². The van der Waals surface area contributed by atoms with Crippen molar-refractivity contribution in [3.8, 4) is 0 Å². The number of para-hydroxylation sites is 2. The summed E-state index contributed by atoms with van der Waals surface area (Å²) >= 11 is 6.70. The summed E-state index contributed by atoms with van der Waals surface area (Å²) in [6.45, 7) is 2.08. The summed E-state index contributed by atoms with van der Waals surface area (Å²) in [4.78, 5) is 0. The number of nitrogens with zero attached hydrogens (tertiary/aromatic N) is 3. The Morgan fingerprint density at radius 1 is 1.04 bits per heavy atom. The molecule has 1 aliphatic heterocycles. The van der Waals surface area contributed by atoms with Crippen molar-refractivity contribution in [2.24, 2.45) is 12.1 Å². The van der Waals surface area contributed by atoms with Crippen LogP contribution in [0.4, 0.5) is 5.69 Å². The highest BCUT2D eigenvalue weighted by molar-refractivity contribution is 6.32. The SMILES string of the molecule is CC1=NN(c2ccccc2)C(c2c(Cl)n(C)c3ccccc23)C1. The Kier molecular flexibility index (Phi) is 3.38. The smallest absolute Gasteiger partial charge is 0.115 e. The lowest BCUT2D eigenvalue weighted by molar-refractivity contribution is 0.710. The van der Waals surface area contributed by atoms with Crippen LogP contribution in [0.2, 0.25) is 5.15 Å². The van der Waals surface area contributed by atoms with Gasteiger partial charge in [-0.1, -0.05) is 48.0 Å². The lowest BCUT2D eigenvalue weighted by Gasteiger charge is -2.24. The van der Waals surface area contributed by atoms with Crippen molar-refractivity contribution in [1.82, 2.24) is 4.57 Å². The Balaban J connectivity index is 1.89. The third kappa shape index (κ3) is 2.23. The number of fused-ring (bicyclic) bond motifs is 1. The topological polar surface area (TPSA) is 20.5 Å². The average molecular weight is 324 g/mol. The number of hydrogen-bond acceptors (Lipinski definition) is 2. The van der Waals surface area contributed by atoms with E-state index < -0.39 is 0 Å². The monoisotopic (exact) mass is 323 g/mol. The fourth-order valence-electron chi connectivity index (χ4n) is 3.41. The van der Waals surface area contributed by atoms with Gasteiger partial charge in [-0.25, -0.2) is 0 Å². The van der Waals surface area contributed by atoms with Crippen LogP contribution in [0.25, 0.3) is 10.9 Å². The van der Waals surface area contributed by atoms with Crippen molar-refractivity contribution in [2.75, 3.05) is 5.01 Å². The van der Waals surface area contributed by atoms with Gasteiger partial charge in [-0.3, -0.25) is 5.01 Å². The van der Waals surface area contributed by atoms with Gasteiger partial charge in [-0.2, -0.15) is 5.10 Å². The first kappa shape index (κ1) is 14.3. The molecule has 2 aromatic carbocycles. The van der Waals surface area contributed by atoms with Crippen LogP contribution in [0.15, 0.2) is 59.7 Å². The molecule has 0 fully saturated rings. The van der Waals surface area contributed by atoms with Crippen molar-refractivity contribution >= 4 is 33.9 Å². The number of aryl methyl sites for hydroxylation is 1. The molecular weight excluding hydrogens is 306 g/mol. The van der Waals surface area contributed by atoms with Crippen molar-refractivity contribution in [3.05, 3.63) is 65.3 Å². The molecule has 0 amide bonds. The molecule has 4 rings (SSSR count). The van der Waals surface area contributed by atoms with Crippen LogP contribution in [0, 0.1) is 0 Å². The summed E-state index contributed by atoms with van der Waals surface area (Å²) < 4.78 is 2.06. The van der Waals surface area contributed by atoms with Crippen LogP contribution in [-0.4, -0.2) is 10.3 Å². The molecule has 0 radical (unpaired) electrons. The quantitative estimate of drug-likeness (QED) is 0.638. The Morgan fingerprint density at radius 3 is 2.52 bits per heavy atom. The maximum atomic E-state index is 6.70. The van der Waals surface area contributed by atoms with Gasteiger partial charge < -0.3 is 4.57 Å². The maximum absolute atomic E-state index is 6.70. The highest BCUT2D eigenvalue weighted by atomic mass is 35.5. The third-order valence-electron chi connectivity index (χ3n) is 4.49. The first-order valence-corrected chi connectivity index (χ1v) is 8.16. The predicted octanol–water partition coefficient (Wildman–Crippen LogP) is 5.16. The van der Waals surface area contributed by atoms with Crippen LogP contribution in [0.5, 0.6) is 0 Å². The third-order valence-corrected chi connectivity index (χ3v) is 4.95. The molecule has 2 heterocycles. The fourth-order valence-corrected chi connectivity index (χ4v) is 3.73. The van der Waals surface area contributed by atoms with Crippen LogP contribution in [0.3, 0.4) is 0 Å². The predicted molar refractivity (Wildman–Crippen MR) is 97.3 cm³/mol. The van der Waals surface area contributed by atoms with Gasteiger partial charge in [0, 0.05) is 35.6 Å². The molecule has 1 unspecified atom stereocenters. The molecule has 0 aliphatic carbocycles. The molecule has 1 atom stereocenters.